The number of carboxylic acid groups (broad SMARTS) is 1. The molecule has 1 atom stereocenters. The molecule has 0 fully saturated rings. The zero-order chi connectivity index (χ0) is 16.2. The number of terminal acetylenes is 1. The third-order valence-corrected chi connectivity index (χ3v) is 4.10. The van der Waals surface area contributed by atoms with Gasteiger partial charge in [0.15, 0.2) is 9.84 Å². The standard InChI is InChI=1S/C13H12ClNO5S/c1-3-4-10(13(17)18)15-12(16)8-5-6-9(14)11(7-8)21(2,19)20/h1,5-7,10H,4H2,2H3,(H,15,16)(H,17,18). The molecule has 0 spiro atoms. The second kappa shape index (κ2) is 6.61. The van der Waals surface area contributed by atoms with Crippen LogP contribution in [0.2, 0.25) is 5.02 Å². The Kier molecular flexibility index (Phi) is 5.35. The normalized spacial score (nSPS) is 12.2. The van der Waals surface area contributed by atoms with E-state index >= 15 is 0 Å². The van der Waals surface area contributed by atoms with Gasteiger partial charge in [-0.1, -0.05) is 11.6 Å². The van der Waals surface area contributed by atoms with Crippen molar-refractivity contribution in [2.75, 3.05) is 6.26 Å². The molecule has 0 bridgehead atoms. The molecule has 1 aromatic rings. The smallest absolute Gasteiger partial charge is 0.327 e. The Hall–Kier alpha value is -2.04. The summed E-state index contributed by atoms with van der Waals surface area (Å²) in [7, 11) is -3.61. The maximum Gasteiger partial charge on any atom is 0.327 e. The van der Waals surface area contributed by atoms with E-state index in [2.05, 4.69) is 11.2 Å². The largest absolute Gasteiger partial charge is 0.480 e. The van der Waals surface area contributed by atoms with Gasteiger partial charge >= 0.3 is 5.97 Å². The molecule has 2 N–H and O–H groups in total. The summed E-state index contributed by atoms with van der Waals surface area (Å²) < 4.78 is 23.0. The minimum Gasteiger partial charge on any atom is -0.480 e. The number of carboxylic acids is 1. The van der Waals surface area contributed by atoms with Crippen LogP contribution >= 0.6 is 11.6 Å². The number of amides is 1. The van der Waals surface area contributed by atoms with Gasteiger partial charge in [-0.2, -0.15) is 0 Å². The van der Waals surface area contributed by atoms with Crippen LogP contribution < -0.4 is 5.32 Å². The molecule has 1 aromatic carbocycles. The van der Waals surface area contributed by atoms with Gasteiger partial charge in [-0.3, -0.25) is 4.79 Å². The van der Waals surface area contributed by atoms with Crippen molar-refractivity contribution in [2.24, 2.45) is 0 Å². The first-order chi connectivity index (χ1) is 9.66. The molecule has 0 aliphatic heterocycles. The van der Waals surface area contributed by atoms with Crippen molar-refractivity contribution >= 4 is 33.3 Å². The number of sulfone groups is 1. The Morgan fingerprint density at radius 2 is 2.10 bits per heavy atom. The highest BCUT2D eigenvalue weighted by Crippen LogP contribution is 2.22. The van der Waals surface area contributed by atoms with Crippen LogP contribution in [0, 0.1) is 12.3 Å². The molecule has 1 rings (SSSR count). The van der Waals surface area contributed by atoms with Crippen LogP contribution in [0.4, 0.5) is 0 Å². The highest BCUT2D eigenvalue weighted by molar-refractivity contribution is 7.90. The fourth-order valence-corrected chi connectivity index (χ4v) is 2.79. The number of nitrogens with one attached hydrogen (secondary N) is 1. The summed E-state index contributed by atoms with van der Waals surface area (Å²) >= 11 is 5.76. The quantitative estimate of drug-likeness (QED) is 0.783. The van der Waals surface area contributed by atoms with Crippen LogP contribution in [0.1, 0.15) is 16.8 Å². The number of aliphatic carboxylic acids is 1. The first-order valence-electron chi connectivity index (χ1n) is 5.63. The Labute approximate surface area is 127 Å². The van der Waals surface area contributed by atoms with Crippen LogP contribution in [-0.2, 0) is 14.6 Å². The molecular weight excluding hydrogens is 318 g/mol. The van der Waals surface area contributed by atoms with E-state index in [0.717, 1.165) is 12.3 Å². The molecule has 0 heterocycles. The monoisotopic (exact) mass is 329 g/mol. The summed E-state index contributed by atoms with van der Waals surface area (Å²) in [5.74, 6) is 0.108. The van der Waals surface area contributed by atoms with Crippen LogP contribution in [0.25, 0.3) is 0 Å². The molecule has 21 heavy (non-hydrogen) atoms. The van der Waals surface area contributed by atoms with Gasteiger partial charge in [-0.15, -0.1) is 12.3 Å². The van der Waals surface area contributed by atoms with Crippen LogP contribution in [0.15, 0.2) is 23.1 Å². The van der Waals surface area contributed by atoms with E-state index in [1.807, 2.05) is 0 Å². The fraction of sp³-hybridized carbons (Fsp3) is 0.231. The zero-order valence-corrected chi connectivity index (χ0v) is 12.5. The number of rotatable bonds is 5. The van der Waals surface area contributed by atoms with Gasteiger partial charge in [0, 0.05) is 18.2 Å². The number of hydrogen-bond donors (Lipinski definition) is 2. The summed E-state index contributed by atoms with van der Waals surface area (Å²) in [4.78, 5) is 22.6. The molecule has 112 valence electrons. The Balaban J connectivity index is 3.09. The highest BCUT2D eigenvalue weighted by Gasteiger charge is 2.21. The second-order valence-corrected chi connectivity index (χ2v) is 6.58. The summed E-state index contributed by atoms with van der Waals surface area (Å²) in [5, 5.41) is 11.1. The summed E-state index contributed by atoms with van der Waals surface area (Å²) in [6.07, 6.45) is 5.79. The Morgan fingerprint density at radius 1 is 1.48 bits per heavy atom. The van der Waals surface area contributed by atoms with Crippen LogP contribution in [0.3, 0.4) is 0 Å². The number of halogens is 1. The van der Waals surface area contributed by atoms with E-state index < -0.39 is 27.8 Å². The summed E-state index contributed by atoms with van der Waals surface area (Å²) in [5.41, 5.74) is -0.0249. The molecule has 0 aliphatic carbocycles. The minimum atomic E-state index is -3.61. The second-order valence-electron chi connectivity index (χ2n) is 4.19. The molecule has 1 amide bonds. The van der Waals surface area contributed by atoms with Crippen molar-refractivity contribution in [1.82, 2.24) is 5.32 Å². The number of hydrogen-bond acceptors (Lipinski definition) is 4. The van der Waals surface area contributed by atoms with E-state index in [-0.39, 0.29) is 21.9 Å². The van der Waals surface area contributed by atoms with Gasteiger partial charge in [0.25, 0.3) is 5.91 Å². The molecule has 0 aliphatic rings. The average Bonchev–Trinajstić information content (AvgIpc) is 2.37. The maximum atomic E-state index is 11.9. The third kappa shape index (κ3) is 4.48. The van der Waals surface area contributed by atoms with Crippen molar-refractivity contribution in [1.29, 1.82) is 0 Å². The van der Waals surface area contributed by atoms with Crippen molar-refractivity contribution in [3.05, 3.63) is 28.8 Å². The van der Waals surface area contributed by atoms with Gasteiger partial charge in [0.05, 0.1) is 9.92 Å². The topological polar surface area (TPSA) is 101 Å². The first kappa shape index (κ1) is 17.0. The molecule has 6 nitrogen and oxygen atoms in total. The molecule has 0 aromatic heterocycles. The molecule has 0 saturated heterocycles. The van der Waals surface area contributed by atoms with Gasteiger partial charge in [-0.25, -0.2) is 13.2 Å². The lowest BCUT2D eigenvalue weighted by molar-refractivity contribution is -0.139. The predicted molar refractivity (Wildman–Crippen MR) is 76.9 cm³/mol. The van der Waals surface area contributed by atoms with Crippen LogP contribution in [0.5, 0.6) is 0 Å². The number of carbonyl (C=O) groups excluding carboxylic acids is 1. The first-order valence-corrected chi connectivity index (χ1v) is 7.90. The van der Waals surface area contributed by atoms with E-state index in [1.54, 1.807) is 0 Å². The molecule has 0 saturated carbocycles. The summed E-state index contributed by atoms with van der Waals surface area (Å²) in [6, 6.07) is 2.38. The van der Waals surface area contributed by atoms with E-state index in [9.17, 15) is 18.0 Å². The van der Waals surface area contributed by atoms with Gasteiger partial charge in [0.2, 0.25) is 0 Å². The lowest BCUT2D eigenvalue weighted by Gasteiger charge is -2.12. The van der Waals surface area contributed by atoms with E-state index in [4.69, 9.17) is 23.1 Å². The van der Waals surface area contributed by atoms with Gasteiger partial charge in [0.1, 0.15) is 6.04 Å². The summed E-state index contributed by atoms with van der Waals surface area (Å²) in [6.45, 7) is 0. The van der Waals surface area contributed by atoms with Crippen molar-refractivity contribution in [3.8, 4) is 12.3 Å². The van der Waals surface area contributed by atoms with Crippen molar-refractivity contribution in [2.45, 2.75) is 17.4 Å². The average molecular weight is 330 g/mol. The zero-order valence-electron chi connectivity index (χ0n) is 11.0. The number of benzene rings is 1. The third-order valence-electron chi connectivity index (χ3n) is 2.52. The molecule has 1 unspecified atom stereocenters. The minimum absolute atomic E-state index is 0.0209. The Bertz CT molecular complexity index is 721. The van der Waals surface area contributed by atoms with Gasteiger partial charge in [-0.05, 0) is 18.2 Å². The van der Waals surface area contributed by atoms with Crippen molar-refractivity contribution in [3.63, 3.8) is 0 Å². The van der Waals surface area contributed by atoms with E-state index in [1.165, 1.54) is 12.1 Å². The molecule has 8 heteroatoms. The fourth-order valence-electron chi connectivity index (χ4n) is 1.49. The van der Waals surface area contributed by atoms with E-state index in [0.29, 0.717) is 0 Å². The van der Waals surface area contributed by atoms with Gasteiger partial charge < -0.3 is 10.4 Å². The lowest BCUT2D eigenvalue weighted by Crippen LogP contribution is -2.40. The van der Waals surface area contributed by atoms with Crippen LogP contribution in [-0.4, -0.2) is 37.7 Å². The SMILES string of the molecule is C#CCC(NC(=O)c1ccc(Cl)c(S(C)(=O)=O)c1)C(=O)O. The number of carbonyl (C=O) groups is 2. The highest BCUT2D eigenvalue weighted by atomic mass is 35.5. The predicted octanol–water partition coefficient (Wildman–Crippen LogP) is 0.950. The lowest BCUT2D eigenvalue weighted by atomic mass is 10.1. The molecular formula is C13H12ClNO5S. The Morgan fingerprint density at radius 3 is 2.57 bits per heavy atom. The maximum absolute atomic E-state index is 11.9. The van der Waals surface area contributed by atoms with Crippen molar-refractivity contribution < 1.29 is 23.1 Å². The molecule has 0 radical (unpaired) electrons.